The van der Waals surface area contributed by atoms with Gasteiger partial charge in [0.25, 0.3) is 0 Å². The number of nitrogens with zero attached hydrogens (tertiary/aromatic N) is 3. The van der Waals surface area contributed by atoms with Crippen molar-refractivity contribution < 1.29 is 27.4 Å². The highest BCUT2D eigenvalue weighted by molar-refractivity contribution is 14.0. The molecule has 1 aromatic heterocycles. The van der Waals surface area contributed by atoms with Crippen LogP contribution in [0, 0.1) is 5.92 Å². The number of likely N-dealkylation sites (tertiary alicyclic amines) is 1. The van der Waals surface area contributed by atoms with Crippen LogP contribution in [-0.2, 0) is 15.7 Å². The zero-order valence-corrected chi connectivity index (χ0v) is 18.0. The number of guanidine groups is 1. The van der Waals surface area contributed by atoms with Crippen molar-refractivity contribution in [2.45, 2.75) is 19.0 Å². The average molecular weight is 516 g/mol. The maximum Gasteiger partial charge on any atom is 0.421 e. The summed E-state index contributed by atoms with van der Waals surface area (Å²) in [5.41, 5.74) is -0.903. The Morgan fingerprint density at radius 1 is 1.39 bits per heavy atom. The van der Waals surface area contributed by atoms with E-state index in [9.17, 15) is 18.0 Å². The topological polar surface area (TPSA) is 76.1 Å². The Morgan fingerprint density at radius 3 is 2.64 bits per heavy atom. The molecule has 1 saturated heterocycles. The molecule has 1 aromatic rings. The van der Waals surface area contributed by atoms with Gasteiger partial charge in [0.15, 0.2) is 5.96 Å². The molecular weight excluding hydrogens is 492 g/mol. The number of nitrogens with one attached hydrogen (secondary N) is 1. The molecule has 1 fully saturated rings. The third kappa shape index (κ3) is 6.67. The van der Waals surface area contributed by atoms with Crippen molar-refractivity contribution in [3.05, 3.63) is 23.9 Å². The minimum absolute atomic E-state index is 0. The first kappa shape index (κ1) is 24.2. The van der Waals surface area contributed by atoms with Crippen LogP contribution in [0.15, 0.2) is 23.3 Å². The van der Waals surface area contributed by atoms with Crippen LogP contribution in [-0.4, -0.2) is 62.2 Å². The molecule has 0 saturated carbocycles. The number of aliphatic imine (C=N–C) groups is 1. The van der Waals surface area contributed by atoms with E-state index in [-0.39, 0.29) is 49.0 Å². The average Bonchev–Trinajstić information content (AvgIpc) is 2.67. The molecule has 0 bridgehead atoms. The molecule has 0 aliphatic carbocycles. The number of hydrogen-bond donors (Lipinski definition) is 1. The van der Waals surface area contributed by atoms with E-state index in [1.807, 2.05) is 4.90 Å². The van der Waals surface area contributed by atoms with Gasteiger partial charge in [0.05, 0.1) is 19.6 Å². The SMILES string of the molecule is CN=C(NCCOc1ncccc1C(F)(F)F)N1CCC(C(=O)OC)CC1.I. The molecule has 0 unspecified atom stereocenters. The lowest BCUT2D eigenvalue weighted by Gasteiger charge is -2.33. The first-order valence-corrected chi connectivity index (χ1v) is 8.55. The summed E-state index contributed by atoms with van der Waals surface area (Å²) in [6.45, 7) is 1.53. The van der Waals surface area contributed by atoms with E-state index in [2.05, 4.69) is 15.3 Å². The van der Waals surface area contributed by atoms with Crippen LogP contribution < -0.4 is 10.1 Å². The van der Waals surface area contributed by atoms with E-state index in [0.29, 0.717) is 31.9 Å². The number of piperidine rings is 1. The second-order valence-electron chi connectivity index (χ2n) is 5.96. The minimum Gasteiger partial charge on any atom is -0.475 e. The molecule has 1 aliphatic heterocycles. The largest absolute Gasteiger partial charge is 0.475 e. The van der Waals surface area contributed by atoms with E-state index in [0.717, 1.165) is 6.07 Å². The van der Waals surface area contributed by atoms with Gasteiger partial charge in [-0.1, -0.05) is 0 Å². The molecule has 0 radical (unpaired) electrons. The Hall–Kier alpha value is -1.79. The first-order valence-electron chi connectivity index (χ1n) is 8.55. The summed E-state index contributed by atoms with van der Waals surface area (Å²) >= 11 is 0. The summed E-state index contributed by atoms with van der Waals surface area (Å²) in [7, 11) is 3.00. The molecule has 2 heterocycles. The summed E-state index contributed by atoms with van der Waals surface area (Å²) in [5.74, 6) is -0.154. The van der Waals surface area contributed by atoms with Crippen molar-refractivity contribution in [1.82, 2.24) is 15.2 Å². The van der Waals surface area contributed by atoms with E-state index in [1.165, 1.54) is 19.4 Å². The number of aromatic nitrogens is 1. The Morgan fingerprint density at radius 2 is 2.07 bits per heavy atom. The van der Waals surface area contributed by atoms with Crippen LogP contribution in [0.25, 0.3) is 0 Å². The fourth-order valence-corrected chi connectivity index (χ4v) is 2.86. The lowest BCUT2D eigenvalue weighted by atomic mass is 9.97. The van der Waals surface area contributed by atoms with Crippen LogP contribution in [0.5, 0.6) is 5.88 Å². The minimum atomic E-state index is -4.52. The smallest absolute Gasteiger partial charge is 0.421 e. The zero-order valence-electron chi connectivity index (χ0n) is 15.7. The Labute approximate surface area is 178 Å². The van der Waals surface area contributed by atoms with Crippen molar-refractivity contribution >= 4 is 35.9 Å². The number of esters is 1. The fourth-order valence-electron chi connectivity index (χ4n) is 2.86. The van der Waals surface area contributed by atoms with Crippen molar-refractivity contribution in [3.8, 4) is 5.88 Å². The third-order valence-electron chi connectivity index (χ3n) is 4.24. The Balaban J connectivity index is 0.00000392. The lowest BCUT2D eigenvalue weighted by Crippen LogP contribution is -2.47. The number of rotatable bonds is 5. The number of hydrogen-bond acceptors (Lipinski definition) is 5. The summed E-state index contributed by atoms with van der Waals surface area (Å²) in [4.78, 5) is 21.4. The van der Waals surface area contributed by atoms with Gasteiger partial charge in [-0.25, -0.2) is 4.98 Å². The van der Waals surface area contributed by atoms with Gasteiger partial charge in [-0.15, -0.1) is 24.0 Å². The van der Waals surface area contributed by atoms with Crippen LogP contribution in [0.4, 0.5) is 13.2 Å². The van der Waals surface area contributed by atoms with Gasteiger partial charge in [0.1, 0.15) is 12.2 Å². The quantitative estimate of drug-likeness (QED) is 0.213. The van der Waals surface area contributed by atoms with Gasteiger partial charge in [0, 0.05) is 26.3 Å². The molecular formula is C17H24F3IN4O3. The summed E-state index contributed by atoms with van der Waals surface area (Å²) in [6.07, 6.45) is -1.95. The molecule has 0 spiro atoms. The number of pyridine rings is 1. The molecule has 1 N–H and O–H groups in total. The Bertz CT molecular complexity index is 665. The summed E-state index contributed by atoms with van der Waals surface area (Å²) in [5, 5.41) is 3.05. The van der Waals surface area contributed by atoms with Gasteiger partial charge < -0.3 is 19.7 Å². The van der Waals surface area contributed by atoms with Gasteiger partial charge in [0.2, 0.25) is 5.88 Å². The maximum atomic E-state index is 12.9. The Kier molecular flexibility index (Phi) is 9.76. The van der Waals surface area contributed by atoms with Crippen molar-refractivity contribution in [2.24, 2.45) is 10.9 Å². The van der Waals surface area contributed by atoms with Crippen molar-refractivity contribution in [2.75, 3.05) is 40.4 Å². The van der Waals surface area contributed by atoms with Crippen LogP contribution in [0.3, 0.4) is 0 Å². The molecule has 7 nitrogen and oxygen atoms in total. The van der Waals surface area contributed by atoms with Gasteiger partial charge in [-0.2, -0.15) is 13.2 Å². The van der Waals surface area contributed by atoms with Crippen LogP contribution in [0.2, 0.25) is 0 Å². The zero-order chi connectivity index (χ0) is 19.9. The van der Waals surface area contributed by atoms with E-state index in [1.54, 1.807) is 7.05 Å². The number of alkyl halides is 3. The second kappa shape index (κ2) is 11.3. The lowest BCUT2D eigenvalue weighted by molar-refractivity contribution is -0.146. The molecule has 0 aromatic carbocycles. The molecule has 0 atom stereocenters. The van der Waals surface area contributed by atoms with E-state index < -0.39 is 17.6 Å². The highest BCUT2D eigenvalue weighted by Crippen LogP contribution is 2.34. The molecule has 0 amide bonds. The highest BCUT2D eigenvalue weighted by Gasteiger charge is 2.35. The monoisotopic (exact) mass is 516 g/mol. The van der Waals surface area contributed by atoms with Crippen molar-refractivity contribution in [3.63, 3.8) is 0 Å². The van der Waals surface area contributed by atoms with Gasteiger partial charge in [-0.05, 0) is 25.0 Å². The molecule has 158 valence electrons. The normalized spacial score (nSPS) is 15.6. The highest BCUT2D eigenvalue weighted by atomic mass is 127. The molecule has 1 aliphatic rings. The van der Waals surface area contributed by atoms with Crippen LogP contribution >= 0.6 is 24.0 Å². The van der Waals surface area contributed by atoms with E-state index >= 15 is 0 Å². The summed E-state index contributed by atoms with van der Waals surface area (Å²) in [6, 6.07) is 2.15. The maximum absolute atomic E-state index is 12.9. The fraction of sp³-hybridized carbons (Fsp3) is 0.588. The standard InChI is InChI=1S/C17H23F3N4O3.HI/c1-21-16(24-9-5-12(6-10-24)15(25)26-2)23-8-11-27-14-13(17(18,19)20)4-3-7-22-14;/h3-4,7,12H,5-6,8-11H2,1-2H3,(H,21,23);1H. The number of carbonyl (C=O) groups is 1. The predicted octanol–water partition coefficient (Wildman–Crippen LogP) is 2.56. The van der Waals surface area contributed by atoms with Gasteiger partial charge in [-0.3, -0.25) is 9.79 Å². The number of ether oxygens (including phenoxy) is 2. The number of halogens is 4. The number of methoxy groups -OCH3 is 1. The van der Waals surface area contributed by atoms with Crippen LogP contribution in [0.1, 0.15) is 18.4 Å². The molecule has 11 heteroatoms. The molecule has 28 heavy (non-hydrogen) atoms. The summed E-state index contributed by atoms with van der Waals surface area (Å²) < 4.78 is 48.7. The third-order valence-corrected chi connectivity index (χ3v) is 4.24. The van der Waals surface area contributed by atoms with Gasteiger partial charge >= 0.3 is 12.1 Å². The predicted molar refractivity (Wildman–Crippen MR) is 108 cm³/mol. The van der Waals surface area contributed by atoms with Crippen molar-refractivity contribution in [1.29, 1.82) is 0 Å². The van der Waals surface area contributed by atoms with E-state index in [4.69, 9.17) is 9.47 Å². The second-order valence-corrected chi connectivity index (χ2v) is 5.96. The number of carbonyl (C=O) groups excluding carboxylic acids is 1. The molecule has 2 rings (SSSR count). The first-order chi connectivity index (χ1) is 12.9.